The van der Waals surface area contributed by atoms with Crippen LogP contribution in [0.4, 0.5) is 0 Å². The molecule has 5 heteroatoms. The summed E-state index contributed by atoms with van der Waals surface area (Å²) in [6, 6.07) is 0.210. The molecule has 92 valence electrons. The van der Waals surface area contributed by atoms with Gasteiger partial charge in [-0.15, -0.1) is 11.6 Å². The van der Waals surface area contributed by atoms with Gasteiger partial charge in [0, 0.05) is 18.5 Å². The fourth-order valence-corrected chi connectivity index (χ4v) is 2.34. The largest absolute Gasteiger partial charge is 0.312 e. The summed E-state index contributed by atoms with van der Waals surface area (Å²) < 4.78 is 22.8. The molecule has 0 aromatic rings. The molecule has 0 amide bonds. The van der Waals surface area contributed by atoms with Gasteiger partial charge >= 0.3 is 0 Å². The van der Waals surface area contributed by atoms with Crippen molar-refractivity contribution in [2.24, 2.45) is 0 Å². The first-order valence-electron chi connectivity index (χ1n) is 5.26. The van der Waals surface area contributed by atoms with E-state index in [2.05, 4.69) is 5.32 Å². The molecular formula is C10H22ClNO2S. The van der Waals surface area contributed by atoms with Gasteiger partial charge in [-0.1, -0.05) is 6.92 Å². The SMILES string of the molecule is CCC(CCl)NCCS(=O)(=O)C(C)(C)C. The molecule has 1 N–H and O–H groups in total. The molecule has 0 bridgehead atoms. The molecule has 0 fully saturated rings. The summed E-state index contributed by atoms with van der Waals surface area (Å²) in [7, 11) is -3.02. The van der Waals surface area contributed by atoms with E-state index in [0.29, 0.717) is 12.4 Å². The minimum absolute atomic E-state index is 0.171. The maximum atomic E-state index is 11.7. The van der Waals surface area contributed by atoms with E-state index in [-0.39, 0.29) is 11.8 Å². The zero-order chi connectivity index (χ0) is 12.1. The van der Waals surface area contributed by atoms with Gasteiger partial charge < -0.3 is 5.32 Å². The zero-order valence-electron chi connectivity index (χ0n) is 10.0. The molecule has 0 rings (SSSR count). The fraction of sp³-hybridized carbons (Fsp3) is 1.00. The first kappa shape index (κ1) is 15.2. The maximum Gasteiger partial charge on any atom is 0.156 e. The van der Waals surface area contributed by atoms with E-state index in [0.717, 1.165) is 6.42 Å². The molecular weight excluding hydrogens is 234 g/mol. The van der Waals surface area contributed by atoms with Crippen molar-refractivity contribution < 1.29 is 8.42 Å². The molecule has 0 aliphatic carbocycles. The van der Waals surface area contributed by atoms with Crippen molar-refractivity contribution in [2.45, 2.75) is 44.9 Å². The van der Waals surface area contributed by atoms with Crippen LogP contribution >= 0.6 is 11.6 Å². The van der Waals surface area contributed by atoms with Gasteiger partial charge in [-0.05, 0) is 27.2 Å². The Bertz CT molecular complexity index is 266. The van der Waals surface area contributed by atoms with Crippen LogP contribution in [0.25, 0.3) is 0 Å². The second kappa shape index (κ2) is 6.06. The second-order valence-electron chi connectivity index (χ2n) is 4.64. The number of rotatable bonds is 6. The number of alkyl halides is 1. The molecule has 0 aromatic heterocycles. The molecule has 0 aromatic carbocycles. The minimum atomic E-state index is -3.02. The van der Waals surface area contributed by atoms with Crippen LogP contribution in [0.3, 0.4) is 0 Å². The molecule has 1 atom stereocenters. The summed E-state index contributed by atoms with van der Waals surface area (Å²) in [5.74, 6) is 0.690. The van der Waals surface area contributed by atoms with Gasteiger partial charge in [0.1, 0.15) is 0 Å². The van der Waals surface area contributed by atoms with E-state index >= 15 is 0 Å². The third kappa shape index (κ3) is 5.18. The van der Waals surface area contributed by atoms with Crippen LogP contribution in [-0.4, -0.2) is 37.4 Å². The highest BCUT2D eigenvalue weighted by molar-refractivity contribution is 7.92. The Hall–Kier alpha value is 0.200. The molecule has 1 unspecified atom stereocenters. The number of halogens is 1. The first-order valence-corrected chi connectivity index (χ1v) is 7.45. The lowest BCUT2D eigenvalue weighted by molar-refractivity contribution is 0.535. The average molecular weight is 256 g/mol. The fourth-order valence-electron chi connectivity index (χ4n) is 1.01. The molecule has 0 aliphatic rings. The number of hydrogen-bond donors (Lipinski definition) is 1. The topological polar surface area (TPSA) is 46.2 Å². The van der Waals surface area contributed by atoms with Crippen LogP contribution < -0.4 is 5.32 Å². The van der Waals surface area contributed by atoms with E-state index in [9.17, 15) is 8.42 Å². The molecule has 0 aliphatic heterocycles. The van der Waals surface area contributed by atoms with Crippen molar-refractivity contribution in [2.75, 3.05) is 18.2 Å². The predicted molar refractivity (Wildman–Crippen MR) is 66.3 cm³/mol. The minimum Gasteiger partial charge on any atom is -0.312 e. The molecule has 0 saturated heterocycles. The summed E-state index contributed by atoms with van der Waals surface area (Å²) in [6.07, 6.45) is 0.916. The van der Waals surface area contributed by atoms with Gasteiger partial charge in [-0.2, -0.15) is 0 Å². The molecule has 15 heavy (non-hydrogen) atoms. The highest BCUT2D eigenvalue weighted by Crippen LogP contribution is 2.15. The molecule has 0 saturated carbocycles. The Balaban J connectivity index is 4.07. The van der Waals surface area contributed by atoms with Crippen LogP contribution in [0.5, 0.6) is 0 Å². The van der Waals surface area contributed by atoms with Gasteiger partial charge in [0.25, 0.3) is 0 Å². The lowest BCUT2D eigenvalue weighted by Crippen LogP contribution is -2.38. The lowest BCUT2D eigenvalue weighted by Gasteiger charge is -2.20. The van der Waals surface area contributed by atoms with E-state index in [4.69, 9.17) is 11.6 Å². The van der Waals surface area contributed by atoms with Gasteiger partial charge in [0.05, 0.1) is 10.5 Å². The van der Waals surface area contributed by atoms with E-state index in [1.807, 2.05) is 6.92 Å². The predicted octanol–water partition coefficient (Wildman–Crippen LogP) is 1.81. The van der Waals surface area contributed by atoms with Crippen molar-refractivity contribution in [1.29, 1.82) is 0 Å². The van der Waals surface area contributed by atoms with Gasteiger partial charge in [-0.25, -0.2) is 8.42 Å². The third-order valence-corrected chi connectivity index (χ3v) is 5.40. The highest BCUT2D eigenvalue weighted by Gasteiger charge is 2.28. The molecule has 0 spiro atoms. The molecule has 3 nitrogen and oxygen atoms in total. The Kier molecular flexibility index (Phi) is 6.14. The number of hydrogen-bond acceptors (Lipinski definition) is 3. The Morgan fingerprint density at radius 2 is 1.87 bits per heavy atom. The van der Waals surface area contributed by atoms with E-state index in [1.165, 1.54) is 0 Å². The lowest BCUT2D eigenvalue weighted by atomic mass is 10.2. The van der Waals surface area contributed by atoms with E-state index < -0.39 is 14.6 Å². The van der Waals surface area contributed by atoms with Crippen molar-refractivity contribution in [3.8, 4) is 0 Å². The Morgan fingerprint density at radius 1 is 1.33 bits per heavy atom. The van der Waals surface area contributed by atoms with Gasteiger partial charge in [0.15, 0.2) is 9.84 Å². The normalized spacial score (nSPS) is 15.3. The van der Waals surface area contributed by atoms with Crippen molar-refractivity contribution in [3.63, 3.8) is 0 Å². The summed E-state index contributed by atoms with van der Waals surface area (Å²) in [4.78, 5) is 0. The Morgan fingerprint density at radius 3 is 2.20 bits per heavy atom. The van der Waals surface area contributed by atoms with Gasteiger partial charge in [-0.3, -0.25) is 0 Å². The summed E-state index contributed by atoms with van der Waals surface area (Å²) in [5, 5.41) is 3.14. The van der Waals surface area contributed by atoms with Gasteiger partial charge in [0.2, 0.25) is 0 Å². The van der Waals surface area contributed by atoms with Crippen molar-refractivity contribution >= 4 is 21.4 Å². The molecule has 0 heterocycles. The van der Waals surface area contributed by atoms with Crippen LogP contribution in [-0.2, 0) is 9.84 Å². The molecule has 0 radical (unpaired) electrons. The van der Waals surface area contributed by atoms with Crippen LogP contribution in [0.1, 0.15) is 34.1 Å². The number of sulfone groups is 1. The van der Waals surface area contributed by atoms with Crippen LogP contribution in [0.15, 0.2) is 0 Å². The zero-order valence-corrected chi connectivity index (χ0v) is 11.6. The quantitative estimate of drug-likeness (QED) is 0.737. The summed E-state index contributed by atoms with van der Waals surface area (Å²) in [6.45, 7) is 7.67. The monoisotopic (exact) mass is 255 g/mol. The second-order valence-corrected chi connectivity index (χ2v) is 7.82. The van der Waals surface area contributed by atoms with Crippen LogP contribution in [0, 0.1) is 0 Å². The number of nitrogens with one attached hydrogen (secondary N) is 1. The highest BCUT2D eigenvalue weighted by atomic mass is 35.5. The first-order chi connectivity index (χ1) is 6.74. The standard InChI is InChI=1S/C10H22ClNO2S/c1-5-9(8-11)12-6-7-15(13,14)10(2,3)4/h9,12H,5-8H2,1-4H3. The maximum absolute atomic E-state index is 11.7. The van der Waals surface area contributed by atoms with Crippen molar-refractivity contribution in [1.82, 2.24) is 5.32 Å². The van der Waals surface area contributed by atoms with Crippen molar-refractivity contribution in [3.05, 3.63) is 0 Å². The summed E-state index contributed by atoms with van der Waals surface area (Å²) >= 11 is 5.70. The van der Waals surface area contributed by atoms with E-state index in [1.54, 1.807) is 20.8 Å². The van der Waals surface area contributed by atoms with Crippen LogP contribution in [0.2, 0.25) is 0 Å². The third-order valence-electron chi connectivity index (χ3n) is 2.42. The average Bonchev–Trinajstić information content (AvgIpc) is 2.10. The Labute approximate surface area is 98.5 Å². The summed E-state index contributed by atoms with van der Waals surface area (Å²) in [5.41, 5.74) is 0. The smallest absolute Gasteiger partial charge is 0.156 e.